The normalized spacial score (nSPS) is 19.1. The quantitative estimate of drug-likeness (QED) is 0.880. The highest BCUT2D eigenvalue weighted by molar-refractivity contribution is 5.94. The molecule has 1 aliphatic rings. The fourth-order valence-corrected chi connectivity index (χ4v) is 2.45. The maximum atomic E-state index is 12.4. The van der Waals surface area contributed by atoms with Gasteiger partial charge in [-0.25, -0.2) is 0 Å². The Kier molecular flexibility index (Phi) is 4.20. The fourth-order valence-electron chi connectivity index (χ4n) is 2.45. The van der Waals surface area contributed by atoms with Crippen LogP contribution in [0.3, 0.4) is 0 Å². The van der Waals surface area contributed by atoms with Gasteiger partial charge in [-0.1, -0.05) is 17.7 Å². The van der Waals surface area contributed by atoms with E-state index in [0.717, 1.165) is 24.9 Å². The Morgan fingerprint density at radius 2 is 1.95 bits per heavy atom. The molecular weight excluding hydrogens is 240 g/mol. The first kappa shape index (κ1) is 13.6. The summed E-state index contributed by atoms with van der Waals surface area (Å²) in [5, 5.41) is 2.89. The van der Waals surface area contributed by atoms with Crippen LogP contribution in [-0.2, 0) is 4.79 Å². The first-order valence-electron chi connectivity index (χ1n) is 6.69. The highest BCUT2D eigenvalue weighted by Crippen LogP contribution is 2.14. The summed E-state index contributed by atoms with van der Waals surface area (Å²) in [5.74, 6) is 0.0182. The molecule has 1 atom stereocenters. The molecule has 4 nitrogen and oxygen atoms in total. The summed E-state index contributed by atoms with van der Waals surface area (Å²) < 4.78 is 0. The molecule has 2 rings (SSSR count). The van der Waals surface area contributed by atoms with Gasteiger partial charge in [0.15, 0.2) is 0 Å². The van der Waals surface area contributed by atoms with Crippen molar-refractivity contribution >= 4 is 11.8 Å². The van der Waals surface area contributed by atoms with Gasteiger partial charge in [-0.15, -0.1) is 0 Å². The average Bonchev–Trinajstić information content (AvgIpc) is 2.38. The van der Waals surface area contributed by atoms with E-state index in [9.17, 15) is 9.59 Å². The van der Waals surface area contributed by atoms with Gasteiger partial charge < -0.3 is 10.2 Å². The molecule has 1 aromatic carbocycles. The van der Waals surface area contributed by atoms with Crippen LogP contribution in [0.25, 0.3) is 0 Å². The number of carbonyl (C=O) groups is 2. The van der Waals surface area contributed by atoms with Crippen molar-refractivity contribution in [3.8, 4) is 0 Å². The second-order valence-corrected chi connectivity index (χ2v) is 5.16. The van der Waals surface area contributed by atoms with Crippen LogP contribution in [-0.4, -0.2) is 35.8 Å². The van der Waals surface area contributed by atoms with E-state index in [-0.39, 0.29) is 17.9 Å². The lowest BCUT2D eigenvalue weighted by atomic mass is 10.0. The molecule has 0 spiro atoms. The van der Waals surface area contributed by atoms with Gasteiger partial charge in [-0.3, -0.25) is 9.59 Å². The molecule has 1 saturated heterocycles. The number of hydrogen-bond acceptors (Lipinski definition) is 2. The lowest BCUT2D eigenvalue weighted by Gasteiger charge is -2.33. The third-order valence-corrected chi connectivity index (χ3v) is 3.41. The Bertz CT molecular complexity index is 468. The molecule has 19 heavy (non-hydrogen) atoms. The van der Waals surface area contributed by atoms with Gasteiger partial charge in [0.1, 0.15) is 0 Å². The minimum atomic E-state index is -0.0327. The van der Waals surface area contributed by atoms with Crippen LogP contribution in [0.5, 0.6) is 0 Å². The van der Waals surface area contributed by atoms with Crippen LogP contribution in [0.4, 0.5) is 0 Å². The van der Waals surface area contributed by atoms with Gasteiger partial charge in [0, 0.05) is 31.6 Å². The van der Waals surface area contributed by atoms with E-state index in [1.165, 1.54) is 6.92 Å². The summed E-state index contributed by atoms with van der Waals surface area (Å²) in [5.41, 5.74) is 1.86. The molecule has 0 bridgehead atoms. The molecule has 0 saturated carbocycles. The number of aryl methyl sites for hydroxylation is 1. The van der Waals surface area contributed by atoms with Crippen LogP contribution in [0.2, 0.25) is 0 Å². The maximum absolute atomic E-state index is 12.4. The lowest BCUT2D eigenvalue weighted by molar-refractivity contribution is -0.120. The number of likely N-dealkylation sites (tertiary alicyclic amines) is 1. The zero-order chi connectivity index (χ0) is 13.8. The number of amides is 2. The minimum Gasteiger partial charge on any atom is -0.352 e. The number of benzene rings is 1. The van der Waals surface area contributed by atoms with Crippen LogP contribution in [0.1, 0.15) is 35.7 Å². The number of nitrogens with one attached hydrogen (secondary N) is 1. The van der Waals surface area contributed by atoms with Crippen molar-refractivity contribution in [2.45, 2.75) is 32.7 Å². The van der Waals surface area contributed by atoms with Gasteiger partial charge >= 0.3 is 0 Å². The van der Waals surface area contributed by atoms with Crippen molar-refractivity contribution in [3.63, 3.8) is 0 Å². The van der Waals surface area contributed by atoms with Crippen LogP contribution in [0.15, 0.2) is 24.3 Å². The van der Waals surface area contributed by atoms with Gasteiger partial charge in [0.25, 0.3) is 5.91 Å². The monoisotopic (exact) mass is 260 g/mol. The smallest absolute Gasteiger partial charge is 0.253 e. The van der Waals surface area contributed by atoms with E-state index in [1.54, 1.807) is 0 Å². The summed E-state index contributed by atoms with van der Waals surface area (Å²) in [4.78, 5) is 25.3. The van der Waals surface area contributed by atoms with Crippen molar-refractivity contribution in [1.29, 1.82) is 0 Å². The summed E-state index contributed by atoms with van der Waals surface area (Å²) in [7, 11) is 0. The number of carbonyl (C=O) groups excluding carboxylic acids is 2. The van der Waals surface area contributed by atoms with Crippen LogP contribution in [0, 0.1) is 6.92 Å². The Hall–Kier alpha value is -1.84. The van der Waals surface area contributed by atoms with Gasteiger partial charge in [-0.05, 0) is 31.9 Å². The van der Waals surface area contributed by atoms with Crippen molar-refractivity contribution in [2.75, 3.05) is 13.1 Å². The van der Waals surface area contributed by atoms with E-state index < -0.39 is 0 Å². The molecule has 1 aromatic rings. The predicted octanol–water partition coefficient (Wildman–Crippen LogP) is 1.74. The number of rotatable bonds is 2. The molecule has 2 amide bonds. The topological polar surface area (TPSA) is 49.4 Å². The molecule has 1 heterocycles. The third kappa shape index (κ3) is 3.56. The van der Waals surface area contributed by atoms with Crippen LogP contribution < -0.4 is 5.32 Å². The van der Waals surface area contributed by atoms with E-state index in [4.69, 9.17) is 0 Å². The van der Waals surface area contributed by atoms with Crippen LogP contribution >= 0.6 is 0 Å². The van der Waals surface area contributed by atoms with Crippen molar-refractivity contribution in [3.05, 3.63) is 35.4 Å². The number of hydrogen-bond donors (Lipinski definition) is 1. The molecule has 0 aliphatic carbocycles. The van der Waals surface area contributed by atoms with Gasteiger partial charge in [0.05, 0.1) is 0 Å². The Morgan fingerprint density at radius 3 is 2.58 bits per heavy atom. The van der Waals surface area contributed by atoms with Crippen molar-refractivity contribution < 1.29 is 9.59 Å². The molecule has 1 N–H and O–H groups in total. The minimum absolute atomic E-state index is 0.0327. The first-order chi connectivity index (χ1) is 9.06. The van der Waals surface area contributed by atoms with Gasteiger partial charge in [0.2, 0.25) is 5.91 Å². The average molecular weight is 260 g/mol. The lowest BCUT2D eigenvalue weighted by Crippen LogP contribution is -2.49. The Labute approximate surface area is 113 Å². The summed E-state index contributed by atoms with van der Waals surface area (Å²) in [6.07, 6.45) is 1.87. The zero-order valence-electron chi connectivity index (χ0n) is 11.5. The maximum Gasteiger partial charge on any atom is 0.253 e. The second-order valence-electron chi connectivity index (χ2n) is 5.16. The number of nitrogens with zero attached hydrogens (tertiary/aromatic N) is 1. The summed E-state index contributed by atoms with van der Waals surface area (Å²) in [6, 6.07) is 7.70. The summed E-state index contributed by atoms with van der Waals surface area (Å²) in [6.45, 7) is 4.89. The van der Waals surface area contributed by atoms with E-state index in [1.807, 2.05) is 36.1 Å². The first-order valence-corrected chi connectivity index (χ1v) is 6.69. The molecule has 1 aliphatic heterocycles. The number of piperidine rings is 1. The molecule has 102 valence electrons. The second kappa shape index (κ2) is 5.87. The van der Waals surface area contributed by atoms with Gasteiger partial charge in [-0.2, -0.15) is 0 Å². The zero-order valence-corrected chi connectivity index (χ0v) is 11.5. The van der Waals surface area contributed by atoms with E-state index >= 15 is 0 Å². The summed E-state index contributed by atoms with van der Waals surface area (Å²) >= 11 is 0. The SMILES string of the molecule is CC(=O)NC1CCCN(C(=O)c2ccc(C)cc2)C1. The van der Waals surface area contributed by atoms with Crippen molar-refractivity contribution in [2.24, 2.45) is 0 Å². The Morgan fingerprint density at radius 1 is 1.26 bits per heavy atom. The highest BCUT2D eigenvalue weighted by atomic mass is 16.2. The van der Waals surface area contributed by atoms with E-state index in [2.05, 4.69) is 5.32 Å². The fraction of sp³-hybridized carbons (Fsp3) is 0.467. The highest BCUT2D eigenvalue weighted by Gasteiger charge is 2.24. The Balaban J connectivity index is 2.02. The predicted molar refractivity (Wildman–Crippen MR) is 73.9 cm³/mol. The van der Waals surface area contributed by atoms with E-state index in [0.29, 0.717) is 12.1 Å². The molecule has 1 unspecified atom stereocenters. The molecule has 1 fully saturated rings. The third-order valence-electron chi connectivity index (χ3n) is 3.41. The van der Waals surface area contributed by atoms with Crippen molar-refractivity contribution in [1.82, 2.24) is 10.2 Å². The molecule has 0 aromatic heterocycles. The molecule has 4 heteroatoms. The molecular formula is C15H20N2O2. The standard InChI is InChI=1S/C15H20N2O2/c1-11-5-7-13(8-6-11)15(19)17-9-3-4-14(10-17)16-12(2)18/h5-8,14H,3-4,9-10H2,1-2H3,(H,16,18). The molecule has 0 radical (unpaired) electrons. The largest absolute Gasteiger partial charge is 0.352 e.